The Bertz CT molecular complexity index is 859. The fourth-order valence-electron chi connectivity index (χ4n) is 5.15. The molecule has 0 bridgehead atoms. The molecule has 2 saturated heterocycles. The van der Waals surface area contributed by atoms with E-state index in [0.717, 1.165) is 37.7 Å². The van der Waals surface area contributed by atoms with Crippen LogP contribution in [0.2, 0.25) is 0 Å². The molecule has 4 amide bonds. The van der Waals surface area contributed by atoms with E-state index in [1.165, 1.54) is 4.90 Å². The Kier molecular flexibility index (Phi) is 6.39. The summed E-state index contributed by atoms with van der Waals surface area (Å²) in [7, 11) is 0. The van der Waals surface area contributed by atoms with Gasteiger partial charge >= 0.3 is 0 Å². The highest BCUT2D eigenvalue weighted by atomic mass is 16.2. The SMILES string of the molecule is Cc1cccc(C(=O)N2CCCN(C(=O)CCN3C(=O)C4CCCCC4C3=O)CC2)c1. The van der Waals surface area contributed by atoms with Crippen molar-refractivity contribution in [1.82, 2.24) is 14.7 Å². The van der Waals surface area contributed by atoms with Crippen molar-refractivity contribution in [3.63, 3.8) is 0 Å². The fraction of sp³-hybridized carbons (Fsp3) is 0.583. The molecule has 3 fully saturated rings. The lowest BCUT2D eigenvalue weighted by atomic mass is 9.81. The number of hydrogen-bond donors (Lipinski definition) is 0. The number of hydrogen-bond acceptors (Lipinski definition) is 4. The van der Waals surface area contributed by atoms with Crippen LogP contribution in [-0.4, -0.2) is 71.1 Å². The first-order valence-electron chi connectivity index (χ1n) is 11.4. The first kappa shape index (κ1) is 21.5. The van der Waals surface area contributed by atoms with E-state index in [4.69, 9.17) is 0 Å². The molecule has 2 unspecified atom stereocenters. The van der Waals surface area contributed by atoms with Crippen molar-refractivity contribution in [1.29, 1.82) is 0 Å². The molecule has 7 nitrogen and oxygen atoms in total. The molecular formula is C24H31N3O4. The molecule has 7 heteroatoms. The quantitative estimate of drug-likeness (QED) is 0.693. The van der Waals surface area contributed by atoms with Crippen molar-refractivity contribution in [3.05, 3.63) is 35.4 Å². The minimum atomic E-state index is -0.171. The summed E-state index contributed by atoms with van der Waals surface area (Å²) >= 11 is 0. The average molecular weight is 426 g/mol. The van der Waals surface area contributed by atoms with E-state index in [-0.39, 0.29) is 48.4 Å². The van der Waals surface area contributed by atoms with Crippen LogP contribution in [0.3, 0.4) is 0 Å². The maximum absolute atomic E-state index is 12.8. The molecule has 31 heavy (non-hydrogen) atoms. The van der Waals surface area contributed by atoms with Crippen LogP contribution in [0.15, 0.2) is 24.3 Å². The summed E-state index contributed by atoms with van der Waals surface area (Å²) in [5.41, 5.74) is 1.72. The molecule has 0 N–H and O–H groups in total. The van der Waals surface area contributed by atoms with Crippen molar-refractivity contribution < 1.29 is 19.2 Å². The second-order valence-corrected chi connectivity index (χ2v) is 8.97. The molecule has 2 aliphatic heterocycles. The minimum absolute atomic E-state index is 0.00568. The number of carbonyl (C=O) groups excluding carboxylic acids is 4. The molecule has 0 spiro atoms. The molecule has 3 aliphatic rings. The third-order valence-electron chi connectivity index (χ3n) is 6.88. The van der Waals surface area contributed by atoms with E-state index >= 15 is 0 Å². The Morgan fingerprint density at radius 2 is 1.55 bits per heavy atom. The van der Waals surface area contributed by atoms with Crippen molar-refractivity contribution in [2.45, 2.75) is 45.4 Å². The highest BCUT2D eigenvalue weighted by Crippen LogP contribution is 2.38. The summed E-state index contributed by atoms with van der Waals surface area (Å²) in [6, 6.07) is 7.56. The zero-order valence-electron chi connectivity index (χ0n) is 18.2. The van der Waals surface area contributed by atoms with E-state index in [0.29, 0.717) is 31.7 Å². The van der Waals surface area contributed by atoms with Crippen LogP contribution in [0.25, 0.3) is 0 Å². The second-order valence-electron chi connectivity index (χ2n) is 8.97. The van der Waals surface area contributed by atoms with Crippen molar-refractivity contribution >= 4 is 23.6 Å². The van der Waals surface area contributed by atoms with Gasteiger partial charge in [-0.2, -0.15) is 0 Å². The minimum Gasteiger partial charge on any atom is -0.341 e. The number of benzene rings is 1. The molecule has 2 atom stereocenters. The van der Waals surface area contributed by atoms with Crippen LogP contribution in [0.1, 0.15) is 54.4 Å². The van der Waals surface area contributed by atoms with Crippen molar-refractivity contribution in [2.24, 2.45) is 11.8 Å². The van der Waals surface area contributed by atoms with Crippen LogP contribution in [0.4, 0.5) is 0 Å². The van der Waals surface area contributed by atoms with Gasteiger partial charge in [-0.05, 0) is 38.3 Å². The van der Waals surface area contributed by atoms with Gasteiger partial charge in [-0.15, -0.1) is 0 Å². The average Bonchev–Trinajstić information content (AvgIpc) is 2.94. The van der Waals surface area contributed by atoms with Gasteiger partial charge in [-0.3, -0.25) is 24.1 Å². The zero-order chi connectivity index (χ0) is 22.0. The van der Waals surface area contributed by atoms with Crippen LogP contribution in [0, 0.1) is 18.8 Å². The molecule has 0 aromatic heterocycles. The van der Waals surface area contributed by atoms with Gasteiger partial charge in [0.05, 0.1) is 11.8 Å². The van der Waals surface area contributed by atoms with Gasteiger partial charge < -0.3 is 9.80 Å². The molecular weight excluding hydrogens is 394 g/mol. The Labute approximate surface area is 183 Å². The van der Waals surface area contributed by atoms with Gasteiger partial charge in [0.2, 0.25) is 17.7 Å². The predicted molar refractivity (Wildman–Crippen MR) is 115 cm³/mol. The number of amides is 4. The summed E-state index contributed by atoms with van der Waals surface area (Å²) in [6.07, 6.45) is 4.45. The number of rotatable bonds is 4. The Morgan fingerprint density at radius 3 is 2.23 bits per heavy atom. The molecule has 1 saturated carbocycles. The standard InChI is InChI=1S/C24H31N3O4/c1-17-6-4-7-18(16-17)22(29)26-12-5-11-25(14-15-26)21(28)10-13-27-23(30)19-8-2-3-9-20(19)24(27)31/h4,6-7,16,19-20H,2-3,5,8-15H2,1H3. The molecule has 166 valence electrons. The van der Waals surface area contributed by atoms with Gasteiger partial charge in [0.25, 0.3) is 5.91 Å². The van der Waals surface area contributed by atoms with Crippen LogP contribution in [0.5, 0.6) is 0 Å². The number of likely N-dealkylation sites (tertiary alicyclic amines) is 1. The summed E-state index contributed by atoms with van der Waals surface area (Å²) in [5.74, 6) is -0.581. The number of fused-ring (bicyclic) bond motifs is 1. The van der Waals surface area contributed by atoms with Crippen LogP contribution >= 0.6 is 0 Å². The highest BCUT2D eigenvalue weighted by molar-refractivity contribution is 6.05. The lowest BCUT2D eigenvalue weighted by Gasteiger charge is -2.23. The normalized spacial score (nSPS) is 24.2. The first-order chi connectivity index (χ1) is 15.0. The second kappa shape index (κ2) is 9.20. The van der Waals surface area contributed by atoms with E-state index < -0.39 is 0 Å². The summed E-state index contributed by atoms with van der Waals surface area (Å²) < 4.78 is 0. The number of carbonyl (C=O) groups is 4. The van der Waals surface area contributed by atoms with Gasteiger partial charge in [0.1, 0.15) is 0 Å². The zero-order valence-corrected chi connectivity index (χ0v) is 18.2. The topological polar surface area (TPSA) is 78.0 Å². The molecule has 1 aliphatic carbocycles. The third-order valence-corrected chi connectivity index (χ3v) is 6.88. The summed E-state index contributed by atoms with van der Waals surface area (Å²) in [5, 5.41) is 0. The van der Waals surface area contributed by atoms with Crippen LogP contribution in [-0.2, 0) is 14.4 Å². The van der Waals surface area contributed by atoms with E-state index in [1.54, 1.807) is 9.80 Å². The summed E-state index contributed by atoms with van der Waals surface area (Å²) in [6.45, 7) is 4.30. The molecule has 0 radical (unpaired) electrons. The van der Waals surface area contributed by atoms with E-state index in [2.05, 4.69) is 0 Å². The van der Waals surface area contributed by atoms with Crippen molar-refractivity contribution in [3.8, 4) is 0 Å². The molecule has 4 rings (SSSR count). The van der Waals surface area contributed by atoms with Gasteiger partial charge in [0.15, 0.2) is 0 Å². The molecule has 1 aromatic rings. The van der Waals surface area contributed by atoms with Gasteiger partial charge in [-0.1, -0.05) is 30.5 Å². The van der Waals surface area contributed by atoms with E-state index in [9.17, 15) is 19.2 Å². The molecule has 1 aromatic carbocycles. The first-order valence-corrected chi connectivity index (χ1v) is 11.4. The number of aryl methyl sites for hydroxylation is 1. The van der Waals surface area contributed by atoms with Crippen molar-refractivity contribution in [2.75, 3.05) is 32.7 Å². The third kappa shape index (κ3) is 4.50. The fourth-order valence-corrected chi connectivity index (χ4v) is 5.15. The molecule has 2 heterocycles. The van der Waals surface area contributed by atoms with Gasteiger partial charge in [0, 0.05) is 44.7 Å². The Hall–Kier alpha value is -2.70. The smallest absolute Gasteiger partial charge is 0.253 e. The lowest BCUT2D eigenvalue weighted by molar-refractivity contribution is -0.140. The van der Waals surface area contributed by atoms with E-state index in [1.807, 2.05) is 31.2 Å². The summed E-state index contributed by atoms with van der Waals surface area (Å²) in [4.78, 5) is 55.7. The Morgan fingerprint density at radius 1 is 0.903 bits per heavy atom. The lowest BCUT2D eigenvalue weighted by Crippen LogP contribution is -2.39. The van der Waals surface area contributed by atoms with Gasteiger partial charge in [-0.25, -0.2) is 0 Å². The maximum Gasteiger partial charge on any atom is 0.253 e. The highest BCUT2D eigenvalue weighted by Gasteiger charge is 2.47. The monoisotopic (exact) mass is 425 g/mol. The predicted octanol–water partition coefficient (Wildman–Crippen LogP) is 2.23. The number of nitrogens with zero attached hydrogens (tertiary/aromatic N) is 3. The Balaban J connectivity index is 1.30. The van der Waals surface area contributed by atoms with Crippen LogP contribution < -0.4 is 0 Å². The largest absolute Gasteiger partial charge is 0.341 e. The number of imide groups is 1. The maximum atomic E-state index is 12.8.